The van der Waals surface area contributed by atoms with Crippen molar-refractivity contribution in [1.29, 1.82) is 0 Å². The number of primary amides is 1. The summed E-state index contributed by atoms with van der Waals surface area (Å²) >= 11 is 0. The summed E-state index contributed by atoms with van der Waals surface area (Å²) in [6.07, 6.45) is 2.07. The van der Waals surface area contributed by atoms with Gasteiger partial charge in [0, 0.05) is 12.6 Å². The van der Waals surface area contributed by atoms with Crippen LogP contribution >= 0.6 is 0 Å². The van der Waals surface area contributed by atoms with Crippen molar-refractivity contribution in [3.63, 3.8) is 0 Å². The van der Waals surface area contributed by atoms with Crippen molar-refractivity contribution in [3.05, 3.63) is 29.8 Å². The Morgan fingerprint density at radius 2 is 2.20 bits per heavy atom. The summed E-state index contributed by atoms with van der Waals surface area (Å²) in [5.74, 6) is 0.456. The maximum atomic E-state index is 11.3. The van der Waals surface area contributed by atoms with Crippen LogP contribution in [0.3, 0.4) is 0 Å². The second-order valence-electron chi connectivity index (χ2n) is 4.82. The smallest absolute Gasteiger partial charge is 0.231 e. The molecule has 4 N–H and O–H groups in total. The molecule has 1 rings (SSSR count). The van der Waals surface area contributed by atoms with Crippen LogP contribution in [0.25, 0.3) is 0 Å². The van der Waals surface area contributed by atoms with Crippen LogP contribution in [0.1, 0.15) is 31.4 Å². The zero-order valence-electron chi connectivity index (χ0n) is 12.3. The van der Waals surface area contributed by atoms with Gasteiger partial charge in [-0.2, -0.15) is 0 Å². The molecule has 0 bridgehead atoms. The summed E-state index contributed by atoms with van der Waals surface area (Å²) in [5.41, 5.74) is 12.3. The molecule has 0 aliphatic heterocycles. The first-order valence-electron chi connectivity index (χ1n) is 6.98. The maximum absolute atomic E-state index is 11.3. The molecule has 5 nitrogen and oxygen atoms in total. The Kier molecular flexibility index (Phi) is 7.04. The van der Waals surface area contributed by atoms with Crippen molar-refractivity contribution >= 4 is 5.91 Å². The van der Waals surface area contributed by atoms with Crippen LogP contribution in [0, 0.1) is 0 Å². The van der Waals surface area contributed by atoms with Gasteiger partial charge >= 0.3 is 0 Å². The van der Waals surface area contributed by atoms with Crippen molar-refractivity contribution in [3.8, 4) is 5.75 Å². The molecule has 5 heteroatoms. The summed E-state index contributed by atoms with van der Waals surface area (Å²) in [6, 6.07) is 7.75. The third-order valence-electron chi connectivity index (χ3n) is 3.30. The normalized spacial score (nSPS) is 12.4. The van der Waals surface area contributed by atoms with Gasteiger partial charge in [-0.1, -0.05) is 25.5 Å². The van der Waals surface area contributed by atoms with Gasteiger partial charge in [-0.25, -0.2) is 0 Å². The number of benzene rings is 1. The van der Waals surface area contributed by atoms with Gasteiger partial charge in [0.15, 0.2) is 0 Å². The number of rotatable bonds is 9. The largest absolute Gasteiger partial charge is 0.497 e. The molecule has 0 aliphatic rings. The lowest BCUT2D eigenvalue weighted by atomic mass is 10.0. The minimum atomic E-state index is -0.331. The number of methoxy groups -OCH3 is 1. The SMILES string of the molecule is CCCCN(CC(N)=O)C(CN)c1cccc(OC)c1. The highest BCUT2D eigenvalue weighted by molar-refractivity contribution is 5.76. The maximum Gasteiger partial charge on any atom is 0.231 e. The van der Waals surface area contributed by atoms with E-state index in [9.17, 15) is 4.79 Å². The molecule has 112 valence electrons. The minimum Gasteiger partial charge on any atom is -0.497 e. The lowest BCUT2D eigenvalue weighted by molar-refractivity contribution is -0.119. The van der Waals surface area contributed by atoms with E-state index < -0.39 is 0 Å². The van der Waals surface area contributed by atoms with Crippen LogP contribution in [0.5, 0.6) is 5.75 Å². The van der Waals surface area contributed by atoms with E-state index in [-0.39, 0.29) is 18.5 Å². The van der Waals surface area contributed by atoms with Gasteiger partial charge in [0.25, 0.3) is 0 Å². The molecule has 1 atom stereocenters. The highest BCUT2D eigenvalue weighted by atomic mass is 16.5. The molecule has 0 saturated heterocycles. The molecule has 1 unspecified atom stereocenters. The number of carbonyl (C=O) groups excluding carboxylic acids is 1. The molecule has 1 aromatic rings. The van der Waals surface area contributed by atoms with Crippen LogP contribution in [-0.4, -0.2) is 37.6 Å². The van der Waals surface area contributed by atoms with E-state index in [2.05, 4.69) is 6.92 Å². The molecule has 0 radical (unpaired) electrons. The van der Waals surface area contributed by atoms with Crippen LogP contribution in [0.15, 0.2) is 24.3 Å². The van der Waals surface area contributed by atoms with E-state index in [0.717, 1.165) is 30.7 Å². The first-order valence-corrected chi connectivity index (χ1v) is 6.98. The fraction of sp³-hybridized carbons (Fsp3) is 0.533. The fourth-order valence-corrected chi connectivity index (χ4v) is 2.25. The highest BCUT2D eigenvalue weighted by Crippen LogP contribution is 2.23. The Labute approximate surface area is 120 Å². The number of nitrogens with two attached hydrogens (primary N) is 2. The molecule has 0 heterocycles. The van der Waals surface area contributed by atoms with Gasteiger partial charge in [-0.3, -0.25) is 9.69 Å². The molecule has 20 heavy (non-hydrogen) atoms. The number of amides is 1. The van der Waals surface area contributed by atoms with E-state index in [1.807, 2.05) is 29.2 Å². The van der Waals surface area contributed by atoms with E-state index in [1.165, 1.54) is 0 Å². The predicted molar refractivity (Wildman–Crippen MR) is 80.5 cm³/mol. The Morgan fingerprint density at radius 1 is 1.45 bits per heavy atom. The summed E-state index contributed by atoms with van der Waals surface area (Å²) in [7, 11) is 1.63. The molecule has 0 saturated carbocycles. The topological polar surface area (TPSA) is 81.6 Å². The Bertz CT molecular complexity index is 423. The highest BCUT2D eigenvalue weighted by Gasteiger charge is 2.20. The van der Waals surface area contributed by atoms with Gasteiger partial charge in [-0.15, -0.1) is 0 Å². The summed E-state index contributed by atoms with van der Waals surface area (Å²) in [5, 5.41) is 0. The predicted octanol–water partition coefficient (Wildman–Crippen LogP) is 1.28. The number of carbonyl (C=O) groups is 1. The zero-order valence-corrected chi connectivity index (χ0v) is 12.3. The van der Waals surface area contributed by atoms with E-state index in [1.54, 1.807) is 7.11 Å². The van der Waals surface area contributed by atoms with E-state index >= 15 is 0 Å². The van der Waals surface area contributed by atoms with Gasteiger partial charge in [0.1, 0.15) is 5.75 Å². The summed E-state index contributed by atoms with van der Waals surface area (Å²) in [6.45, 7) is 3.58. The summed E-state index contributed by atoms with van der Waals surface area (Å²) < 4.78 is 5.24. The van der Waals surface area contributed by atoms with Crippen molar-refractivity contribution in [2.24, 2.45) is 11.5 Å². The fourth-order valence-electron chi connectivity index (χ4n) is 2.25. The minimum absolute atomic E-state index is 0.0239. The Morgan fingerprint density at radius 3 is 2.75 bits per heavy atom. The van der Waals surface area contributed by atoms with E-state index in [0.29, 0.717) is 6.54 Å². The molecule has 0 aromatic heterocycles. The quantitative estimate of drug-likeness (QED) is 0.713. The average molecular weight is 279 g/mol. The van der Waals surface area contributed by atoms with Crippen LogP contribution in [-0.2, 0) is 4.79 Å². The Hall–Kier alpha value is -1.59. The van der Waals surface area contributed by atoms with Crippen molar-refractivity contribution in [1.82, 2.24) is 4.90 Å². The monoisotopic (exact) mass is 279 g/mol. The van der Waals surface area contributed by atoms with Gasteiger partial charge < -0.3 is 16.2 Å². The van der Waals surface area contributed by atoms with Crippen LogP contribution in [0.4, 0.5) is 0 Å². The molecule has 0 fully saturated rings. The third kappa shape index (κ3) is 4.83. The molecule has 1 amide bonds. The van der Waals surface area contributed by atoms with Gasteiger partial charge in [0.05, 0.1) is 13.7 Å². The van der Waals surface area contributed by atoms with E-state index in [4.69, 9.17) is 16.2 Å². The molecular weight excluding hydrogens is 254 g/mol. The zero-order chi connectivity index (χ0) is 15.0. The third-order valence-corrected chi connectivity index (χ3v) is 3.30. The number of hydrogen-bond acceptors (Lipinski definition) is 4. The number of hydrogen-bond donors (Lipinski definition) is 2. The summed E-state index contributed by atoms with van der Waals surface area (Å²) in [4.78, 5) is 13.3. The number of ether oxygens (including phenoxy) is 1. The Balaban J connectivity index is 2.94. The van der Waals surface area contributed by atoms with Crippen molar-refractivity contribution in [2.45, 2.75) is 25.8 Å². The van der Waals surface area contributed by atoms with Crippen LogP contribution in [0.2, 0.25) is 0 Å². The number of nitrogens with zero attached hydrogens (tertiary/aromatic N) is 1. The molecular formula is C15H25N3O2. The second-order valence-corrected chi connectivity index (χ2v) is 4.82. The van der Waals surface area contributed by atoms with Gasteiger partial charge in [-0.05, 0) is 30.7 Å². The first kappa shape index (κ1) is 16.5. The molecule has 0 aliphatic carbocycles. The standard InChI is InChI=1S/C15H25N3O2/c1-3-4-8-18(11-15(17)19)14(10-16)12-6-5-7-13(9-12)20-2/h5-7,9,14H,3-4,8,10-11,16H2,1-2H3,(H2,17,19). The lowest BCUT2D eigenvalue weighted by Crippen LogP contribution is -2.40. The first-order chi connectivity index (χ1) is 9.62. The van der Waals surface area contributed by atoms with Crippen molar-refractivity contribution in [2.75, 3.05) is 26.7 Å². The van der Waals surface area contributed by atoms with Crippen LogP contribution < -0.4 is 16.2 Å². The van der Waals surface area contributed by atoms with Crippen molar-refractivity contribution < 1.29 is 9.53 Å². The molecule has 0 spiro atoms. The average Bonchev–Trinajstić information content (AvgIpc) is 2.45. The number of unbranched alkanes of at least 4 members (excludes halogenated alkanes) is 1. The molecule has 1 aromatic carbocycles. The second kappa shape index (κ2) is 8.55. The lowest BCUT2D eigenvalue weighted by Gasteiger charge is -2.30. The van der Waals surface area contributed by atoms with Gasteiger partial charge in [0.2, 0.25) is 5.91 Å².